The van der Waals surface area contributed by atoms with E-state index in [0.29, 0.717) is 15.6 Å². The lowest BCUT2D eigenvalue weighted by Gasteiger charge is -2.01. The summed E-state index contributed by atoms with van der Waals surface area (Å²) in [4.78, 5) is 10.4. The Morgan fingerprint density at radius 3 is 2.71 bits per heavy atom. The second-order valence-corrected chi connectivity index (χ2v) is 3.65. The Morgan fingerprint density at radius 2 is 2.21 bits per heavy atom. The third-order valence-corrected chi connectivity index (χ3v) is 2.32. The van der Waals surface area contributed by atoms with Gasteiger partial charge in [-0.1, -0.05) is 6.07 Å². The Balaban J connectivity index is 3.09. The quantitative estimate of drug-likeness (QED) is 0.828. The van der Waals surface area contributed by atoms with Gasteiger partial charge in [0.15, 0.2) is 0 Å². The number of carboxylic acid groups (broad SMARTS) is 1. The number of rotatable bonds is 2. The van der Waals surface area contributed by atoms with Gasteiger partial charge in [-0.2, -0.15) is 0 Å². The Labute approximate surface area is 89.2 Å². The molecule has 74 valence electrons. The van der Waals surface area contributed by atoms with Crippen LogP contribution in [-0.2, 0) is 4.79 Å². The summed E-state index contributed by atoms with van der Waals surface area (Å²) in [5, 5.41) is 8.51. The molecule has 1 rings (SSSR count). The SMILES string of the molecule is CC(=CC(=O)O)c1ccc(F)c(Br)c1. The van der Waals surface area contributed by atoms with Gasteiger partial charge >= 0.3 is 5.97 Å². The van der Waals surface area contributed by atoms with Gasteiger partial charge in [0.2, 0.25) is 0 Å². The summed E-state index contributed by atoms with van der Waals surface area (Å²) in [5.74, 6) is -1.38. The monoisotopic (exact) mass is 258 g/mol. The van der Waals surface area contributed by atoms with E-state index in [2.05, 4.69) is 15.9 Å². The lowest BCUT2D eigenvalue weighted by atomic mass is 10.1. The zero-order chi connectivity index (χ0) is 10.7. The minimum absolute atomic E-state index is 0.327. The molecule has 0 saturated heterocycles. The van der Waals surface area contributed by atoms with Crippen molar-refractivity contribution < 1.29 is 14.3 Å². The van der Waals surface area contributed by atoms with E-state index >= 15 is 0 Å². The Hall–Kier alpha value is -1.16. The van der Waals surface area contributed by atoms with Crippen LogP contribution in [0.15, 0.2) is 28.7 Å². The molecule has 0 heterocycles. The summed E-state index contributed by atoms with van der Waals surface area (Å²) >= 11 is 3.03. The van der Waals surface area contributed by atoms with Crippen LogP contribution in [-0.4, -0.2) is 11.1 Å². The molecule has 0 atom stereocenters. The van der Waals surface area contributed by atoms with Crippen LogP contribution in [0.1, 0.15) is 12.5 Å². The van der Waals surface area contributed by atoms with Crippen LogP contribution in [0.4, 0.5) is 4.39 Å². The number of allylic oxidation sites excluding steroid dienone is 1. The zero-order valence-electron chi connectivity index (χ0n) is 7.42. The van der Waals surface area contributed by atoms with Gasteiger partial charge in [-0.25, -0.2) is 9.18 Å². The fourth-order valence-corrected chi connectivity index (χ4v) is 1.39. The maximum absolute atomic E-state index is 12.8. The van der Waals surface area contributed by atoms with Gasteiger partial charge in [0.05, 0.1) is 4.47 Å². The van der Waals surface area contributed by atoms with Gasteiger partial charge in [-0.05, 0) is 46.1 Å². The van der Waals surface area contributed by atoms with Crippen molar-refractivity contribution in [3.05, 3.63) is 40.1 Å². The molecule has 2 nitrogen and oxygen atoms in total. The highest BCUT2D eigenvalue weighted by atomic mass is 79.9. The Bertz CT molecular complexity index is 399. The van der Waals surface area contributed by atoms with Gasteiger partial charge in [-0.15, -0.1) is 0 Å². The summed E-state index contributed by atoms with van der Waals surface area (Å²) in [7, 11) is 0. The largest absolute Gasteiger partial charge is 0.478 e. The molecule has 0 saturated carbocycles. The Kier molecular flexibility index (Phi) is 3.41. The smallest absolute Gasteiger partial charge is 0.328 e. The molecule has 0 radical (unpaired) electrons. The predicted molar refractivity (Wildman–Crippen MR) is 55.4 cm³/mol. The topological polar surface area (TPSA) is 37.3 Å². The van der Waals surface area contributed by atoms with Crippen molar-refractivity contribution >= 4 is 27.5 Å². The van der Waals surface area contributed by atoms with Crippen LogP contribution in [0, 0.1) is 5.82 Å². The molecule has 0 aliphatic rings. The highest BCUT2D eigenvalue weighted by Crippen LogP contribution is 2.21. The normalized spacial score (nSPS) is 11.5. The average molecular weight is 259 g/mol. The first-order valence-corrected chi connectivity index (χ1v) is 4.66. The fraction of sp³-hybridized carbons (Fsp3) is 0.100. The summed E-state index contributed by atoms with van der Waals surface area (Å²) in [6, 6.07) is 4.37. The summed E-state index contributed by atoms with van der Waals surface area (Å²) in [5.41, 5.74) is 1.26. The second kappa shape index (κ2) is 4.37. The number of benzene rings is 1. The van der Waals surface area contributed by atoms with E-state index in [4.69, 9.17) is 5.11 Å². The number of carbonyl (C=O) groups is 1. The first-order chi connectivity index (χ1) is 6.50. The van der Waals surface area contributed by atoms with Crippen molar-refractivity contribution in [2.45, 2.75) is 6.92 Å². The molecule has 1 aromatic rings. The van der Waals surface area contributed by atoms with Crippen molar-refractivity contribution in [3.8, 4) is 0 Å². The average Bonchev–Trinajstić information content (AvgIpc) is 2.08. The fourth-order valence-electron chi connectivity index (χ4n) is 1.01. The molecule has 0 spiro atoms. The molecule has 0 unspecified atom stereocenters. The van der Waals surface area contributed by atoms with Crippen LogP contribution in [0.2, 0.25) is 0 Å². The van der Waals surface area contributed by atoms with Gasteiger partial charge in [-0.3, -0.25) is 0 Å². The lowest BCUT2D eigenvalue weighted by Crippen LogP contribution is -1.90. The molecule has 0 aliphatic carbocycles. The second-order valence-electron chi connectivity index (χ2n) is 2.79. The molecule has 0 bridgehead atoms. The van der Waals surface area contributed by atoms with Crippen LogP contribution < -0.4 is 0 Å². The molecular formula is C10H8BrFO2. The lowest BCUT2D eigenvalue weighted by molar-refractivity contribution is -0.131. The van der Waals surface area contributed by atoms with Crippen molar-refractivity contribution in [1.82, 2.24) is 0 Å². The van der Waals surface area contributed by atoms with E-state index in [1.54, 1.807) is 13.0 Å². The highest BCUT2D eigenvalue weighted by molar-refractivity contribution is 9.10. The summed E-state index contributed by atoms with van der Waals surface area (Å²) in [6.45, 7) is 1.66. The molecule has 4 heteroatoms. The van der Waals surface area contributed by atoms with E-state index in [-0.39, 0.29) is 5.82 Å². The molecular weight excluding hydrogens is 251 g/mol. The minimum atomic E-state index is -1.01. The third kappa shape index (κ3) is 2.67. The van der Waals surface area contributed by atoms with Crippen LogP contribution in [0.5, 0.6) is 0 Å². The van der Waals surface area contributed by atoms with Gasteiger partial charge < -0.3 is 5.11 Å². The molecule has 0 aliphatic heterocycles. The van der Waals surface area contributed by atoms with Crippen LogP contribution >= 0.6 is 15.9 Å². The van der Waals surface area contributed by atoms with E-state index in [1.165, 1.54) is 12.1 Å². The minimum Gasteiger partial charge on any atom is -0.478 e. The number of aliphatic carboxylic acids is 1. The number of hydrogen-bond donors (Lipinski definition) is 1. The predicted octanol–water partition coefficient (Wildman–Crippen LogP) is 3.08. The van der Waals surface area contributed by atoms with E-state index in [1.807, 2.05) is 0 Å². The van der Waals surface area contributed by atoms with Crippen LogP contribution in [0.3, 0.4) is 0 Å². The highest BCUT2D eigenvalue weighted by Gasteiger charge is 2.02. The molecule has 1 N–H and O–H groups in total. The van der Waals surface area contributed by atoms with Crippen molar-refractivity contribution in [2.75, 3.05) is 0 Å². The van der Waals surface area contributed by atoms with Crippen molar-refractivity contribution in [2.24, 2.45) is 0 Å². The maximum Gasteiger partial charge on any atom is 0.328 e. The first-order valence-electron chi connectivity index (χ1n) is 3.87. The van der Waals surface area contributed by atoms with Crippen LogP contribution in [0.25, 0.3) is 5.57 Å². The number of hydrogen-bond acceptors (Lipinski definition) is 1. The number of carboxylic acids is 1. The Morgan fingerprint density at radius 1 is 1.57 bits per heavy atom. The summed E-state index contributed by atoms with van der Waals surface area (Å²) in [6.07, 6.45) is 1.08. The van der Waals surface area contributed by atoms with Crippen molar-refractivity contribution in [1.29, 1.82) is 0 Å². The number of halogens is 2. The van der Waals surface area contributed by atoms with E-state index < -0.39 is 5.97 Å². The molecule has 14 heavy (non-hydrogen) atoms. The maximum atomic E-state index is 12.8. The van der Waals surface area contributed by atoms with Gasteiger partial charge in [0.25, 0.3) is 0 Å². The molecule has 0 aromatic heterocycles. The van der Waals surface area contributed by atoms with E-state index in [0.717, 1.165) is 6.08 Å². The van der Waals surface area contributed by atoms with Crippen molar-refractivity contribution in [3.63, 3.8) is 0 Å². The van der Waals surface area contributed by atoms with Gasteiger partial charge in [0.1, 0.15) is 5.82 Å². The molecule has 0 amide bonds. The van der Waals surface area contributed by atoms with E-state index in [9.17, 15) is 9.18 Å². The molecule has 0 fully saturated rings. The first kappa shape index (κ1) is 10.9. The standard InChI is InChI=1S/C10H8BrFO2/c1-6(4-10(13)14)7-2-3-9(12)8(11)5-7/h2-5H,1H3,(H,13,14). The third-order valence-electron chi connectivity index (χ3n) is 1.71. The summed E-state index contributed by atoms with van der Waals surface area (Å²) < 4.78 is 13.2. The molecule has 1 aromatic carbocycles. The zero-order valence-corrected chi connectivity index (χ0v) is 9.01. The van der Waals surface area contributed by atoms with Gasteiger partial charge in [0, 0.05) is 6.08 Å².